The summed E-state index contributed by atoms with van der Waals surface area (Å²) in [5, 5.41) is 1.80. The van der Waals surface area contributed by atoms with Gasteiger partial charge in [0.05, 0.1) is 33.7 Å². The number of benzene rings is 3. The van der Waals surface area contributed by atoms with E-state index in [1.165, 1.54) is 0 Å². The fraction of sp³-hybridized carbons (Fsp3) is 0. The third-order valence-corrected chi connectivity index (χ3v) is 6.17. The molecular formula is C29H19N5O. The number of pyridine rings is 2. The molecule has 3 aromatic carbocycles. The Labute approximate surface area is 200 Å². The minimum Gasteiger partial charge on any atom is -0.438 e. The lowest BCUT2D eigenvalue weighted by atomic mass is 10.1. The zero-order chi connectivity index (χ0) is 23.2. The molecule has 7 aromatic rings. The van der Waals surface area contributed by atoms with E-state index in [2.05, 4.69) is 40.2 Å². The van der Waals surface area contributed by atoms with Crippen molar-refractivity contribution in [2.45, 2.75) is 0 Å². The second-order valence-electron chi connectivity index (χ2n) is 8.27. The van der Waals surface area contributed by atoms with E-state index < -0.39 is 0 Å². The minimum absolute atomic E-state index is 0.573. The van der Waals surface area contributed by atoms with Crippen LogP contribution >= 0.6 is 0 Å². The first kappa shape index (κ1) is 19.5. The van der Waals surface area contributed by atoms with Crippen molar-refractivity contribution >= 4 is 50.2 Å². The maximum atomic E-state index is 6.15. The fourth-order valence-electron chi connectivity index (χ4n) is 4.61. The van der Waals surface area contributed by atoms with Crippen molar-refractivity contribution in [1.82, 2.24) is 19.5 Å². The lowest BCUT2D eigenvalue weighted by Gasteiger charge is -2.24. The molecule has 0 fully saturated rings. The molecule has 4 aromatic heterocycles. The Balaban J connectivity index is 1.49. The van der Waals surface area contributed by atoms with E-state index in [0.717, 1.165) is 50.3 Å². The predicted molar refractivity (Wildman–Crippen MR) is 139 cm³/mol. The molecule has 0 radical (unpaired) electrons. The maximum Gasteiger partial charge on any atom is 0.227 e. The molecule has 0 saturated heterocycles. The van der Waals surface area contributed by atoms with E-state index in [1.807, 2.05) is 83.8 Å². The second kappa shape index (κ2) is 7.81. The molecule has 166 valence electrons. The molecule has 0 N–H and O–H groups in total. The molecule has 4 heterocycles. The van der Waals surface area contributed by atoms with Crippen LogP contribution in [0.4, 0.5) is 17.1 Å². The average Bonchev–Trinajstić information content (AvgIpc) is 3.52. The van der Waals surface area contributed by atoms with Crippen molar-refractivity contribution in [3.8, 4) is 5.82 Å². The second-order valence-corrected chi connectivity index (χ2v) is 8.27. The Bertz CT molecular complexity index is 1770. The lowest BCUT2D eigenvalue weighted by molar-refractivity contribution is 0.653. The molecular weight excluding hydrogens is 434 g/mol. The Morgan fingerprint density at radius 2 is 1.40 bits per heavy atom. The van der Waals surface area contributed by atoms with Gasteiger partial charge in [-0.3, -0.25) is 4.57 Å². The van der Waals surface area contributed by atoms with Crippen LogP contribution in [0.3, 0.4) is 0 Å². The van der Waals surface area contributed by atoms with Gasteiger partial charge in [-0.25, -0.2) is 15.0 Å². The summed E-state index contributed by atoms with van der Waals surface area (Å²) >= 11 is 0. The standard InChI is InChI=1S/C29H19N5O/c1-3-9-20(10-4-1)34(21-11-5-2-6-12-21)22-17-23-27-26(35-29(23)31-18-22)15-16-30-28(27)33-19-32-24-13-7-8-14-25(24)33/h1-19H. The van der Waals surface area contributed by atoms with Crippen LogP contribution in [0.5, 0.6) is 0 Å². The van der Waals surface area contributed by atoms with Gasteiger partial charge in [-0.05, 0) is 42.5 Å². The molecule has 35 heavy (non-hydrogen) atoms. The molecule has 6 heteroatoms. The zero-order valence-electron chi connectivity index (χ0n) is 18.6. The van der Waals surface area contributed by atoms with Gasteiger partial charge in [0.1, 0.15) is 17.7 Å². The molecule has 0 spiro atoms. The van der Waals surface area contributed by atoms with Crippen LogP contribution in [-0.4, -0.2) is 19.5 Å². The van der Waals surface area contributed by atoms with Gasteiger partial charge in [0.25, 0.3) is 0 Å². The van der Waals surface area contributed by atoms with Crippen LogP contribution in [0.25, 0.3) is 38.9 Å². The number of aromatic nitrogens is 4. The third kappa shape index (κ3) is 3.15. The zero-order valence-corrected chi connectivity index (χ0v) is 18.6. The monoisotopic (exact) mass is 453 g/mol. The van der Waals surface area contributed by atoms with E-state index in [4.69, 9.17) is 14.4 Å². The van der Waals surface area contributed by atoms with Gasteiger partial charge in [-0.1, -0.05) is 48.5 Å². The van der Waals surface area contributed by atoms with E-state index in [1.54, 1.807) is 6.20 Å². The molecule has 0 aliphatic rings. The normalized spacial score (nSPS) is 11.4. The molecule has 7 rings (SSSR count). The summed E-state index contributed by atoms with van der Waals surface area (Å²) < 4.78 is 8.15. The summed E-state index contributed by atoms with van der Waals surface area (Å²) in [5.74, 6) is 0.764. The van der Waals surface area contributed by atoms with Gasteiger partial charge in [0, 0.05) is 23.6 Å². The molecule has 0 unspecified atom stereocenters. The Kier molecular flexibility index (Phi) is 4.35. The van der Waals surface area contributed by atoms with Crippen LogP contribution in [0, 0.1) is 0 Å². The summed E-state index contributed by atoms with van der Waals surface area (Å²) in [6, 6.07) is 32.6. The van der Waals surface area contributed by atoms with Crippen LogP contribution in [0.15, 0.2) is 120 Å². The van der Waals surface area contributed by atoms with Crippen molar-refractivity contribution < 1.29 is 4.42 Å². The van der Waals surface area contributed by atoms with Crippen LogP contribution < -0.4 is 4.90 Å². The molecule has 0 saturated carbocycles. The molecule has 0 aliphatic carbocycles. The van der Waals surface area contributed by atoms with E-state index in [-0.39, 0.29) is 0 Å². The summed E-state index contributed by atoms with van der Waals surface area (Å²) in [5.41, 5.74) is 6.24. The van der Waals surface area contributed by atoms with Gasteiger partial charge in [0.2, 0.25) is 5.71 Å². The lowest BCUT2D eigenvalue weighted by Crippen LogP contribution is -2.09. The van der Waals surface area contributed by atoms with Gasteiger partial charge >= 0.3 is 0 Å². The Hall–Kier alpha value is -4.97. The number of imidazole rings is 1. The van der Waals surface area contributed by atoms with Gasteiger partial charge in [-0.2, -0.15) is 0 Å². The van der Waals surface area contributed by atoms with Crippen molar-refractivity contribution in [1.29, 1.82) is 0 Å². The van der Waals surface area contributed by atoms with Crippen LogP contribution in [0.2, 0.25) is 0 Å². The number of rotatable bonds is 4. The Morgan fingerprint density at radius 3 is 2.17 bits per heavy atom. The highest BCUT2D eigenvalue weighted by Gasteiger charge is 2.19. The number of hydrogen-bond donors (Lipinski definition) is 0. The highest BCUT2D eigenvalue weighted by molar-refractivity contribution is 6.09. The Morgan fingerprint density at radius 1 is 0.686 bits per heavy atom. The first-order valence-electron chi connectivity index (χ1n) is 11.4. The number of furan rings is 1. The van der Waals surface area contributed by atoms with Crippen molar-refractivity contribution in [3.63, 3.8) is 0 Å². The minimum atomic E-state index is 0.573. The quantitative estimate of drug-likeness (QED) is 0.282. The molecule has 6 nitrogen and oxygen atoms in total. The summed E-state index contributed by atoms with van der Waals surface area (Å²) in [6.45, 7) is 0. The largest absolute Gasteiger partial charge is 0.438 e. The smallest absolute Gasteiger partial charge is 0.227 e. The van der Waals surface area contributed by atoms with Gasteiger partial charge in [0.15, 0.2) is 0 Å². The average molecular weight is 454 g/mol. The molecule has 0 aliphatic heterocycles. The predicted octanol–water partition coefficient (Wildman–Crippen LogP) is 7.18. The number of fused-ring (bicyclic) bond motifs is 4. The summed E-state index contributed by atoms with van der Waals surface area (Å²) in [6.07, 6.45) is 5.42. The van der Waals surface area contributed by atoms with Gasteiger partial charge in [-0.15, -0.1) is 0 Å². The molecule has 0 amide bonds. The topological polar surface area (TPSA) is 60.0 Å². The fourth-order valence-corrected chi connectivity index (χ4v) is 4.61. The van der Waals surface area contributed by atoms with E-state index in [9.17, 15) is 0 Å². The summed E-state index contributed by atoms with van der Waals surface area (Å²) in [7, 11) is 0. The number of anilines is 3. The molecule has 0 bridgehead atoms. The van der Waals surface area contributed by atoms with E-state index in [0.29, 0.717) is 5.71 Å². The highest BCUT2D eigenvalue weighted by Crippen LogP contribution is 2.38. The molecule has 0 atom stereocenters. The SMILES string of the molecule is c1ccc(N(c2ccccc2)c2cnc3oc4ccnc(-n5cnc6ccccc65)c4c3c2)cc1. The van der Waals surface area contributed by atoms with Crippen LogP contribution in [-0.2, 0) is 0 Å². The van der Waals surface area contributed by atoms with Crippen molar-refractivity contribution in [3.05, 3.63) is 116 Å². The van der Waals surface area contributed by atoms with Crippen molar-refractivity contribution in [2.24, 2.45) is 0 Å². The highest BCUT2D eigenvalue weighted by atomic mass is 16.3. The summed E-state index contributed by atoms with van der Waals surface area (Å²) in [4.78, 5) is 16.2. The van der Waals surface area contributed by atoms with Crippen molar-refractivity contribution in [2.75, 3.05) is 4.90 Å². The van der Waals surface area contributed by atoms with Crippen LogP contribution in [0.1, 0.15) is 0 Å². The van der Waals surface area contributed by atoms with Gasteiger partial charge < -0.3 is 9.32 Å². The van der Waals surface area contributed by atoms with E-state index >= 15 is 0 Å². The maximum absolute atomic E-state index is 6.15. The number of para-hydroxylation sites is 4. The first-order valence-corrected chi connectivity index (χ1v) is 11.4. The third-order valence-electron chi connectivity index (χ3n) is 6.17. The number of nitrogens with zero attached hydrogens (tertiary/aromatic N) is 5. The number of hydrogen-bond acceptors (Lipinski definition) is 5. The first-order chi connectivity index (χ1) is 17.4.